The van der Waals surface area contributed by atoms with Gasteiger partial charge < -0.3 is 31.1 Å². The van der Waals surface area contributed by atoms with Gasteiger partial charge in [-0.15, -0.1) is 0 Å². The molecule has 14 heteroatoms. The lowest BCUT2D eigenvalue weighted by Crippen LogP contribution is -2.62. The van der Waals surface area contributed by atoms with Gasteiger partial charge in [-0.3, -0.25) is 0 Å². The monoisotopic (exact) mass is 763 g/mol. The van der Waals surface area contributed by atoms with Crippen LogP contribution in [0.2, 0.25) is 10.6 Å². The molecule has 2 aromatic heterocycles. The minimum Gasteiger partial charge on any atom is -0.354 e. The van der Waals surface area contributed by atoms with E-state index >= 15 is 0 Å². The first-order chi connectivity index (χ1) is 24.4. The molecule has 2 saturated heterocycles. The summed E-state index contributed by atoms with van der Waals surface area (Å²) in [5.41, 5.74) is 0.0676. The summed E-state index contributed by atoms with van der Waals surface area (Å²) in [4.78, 5) is 32.5. The van der Waals surface area contributed by atoms with Gasteiger partial charge in [0.15, 0.2) is 0 Å². The number of nitrogens with one attached hydrogen (secondary N) is 4. The Hall–Kier alpha value is -2.28. The maximum Gasteiger partial charge on any atom is 0.231 e. The van der Waals surface area contributed by atoms with E-state index in [-0.39, 0.29) is 32.7 Å². The molecule has 0 spiro atoms. The number of anilines is 4. The van der Waals surface area contributed by atoms with Gasteiger partial charge in [-0.25, -0.2) is 0 Å². The fourth-order valence-corrected chi connectivity index (χ4v) is 8.94. The van der Waals surface area contributed by atoms with E-state index in [1.54, 1.807) is 0 Å². The van der Waals surface area contributed by atoms with Crippen molar-refractivity contribution in [1.82, 2.24) is 40.5 Å². The fourth-order valence-electron chi connectivity index (χ4n) is 8.62. The highest BCUT2D eigenvalue weighted by molar-refractivity contribution is 6.28. The van der Waals surface area contributed by atoms with Gasteiger partial charge in [-0.1, -0.05) is 39.5 Å². The lowest BCUT2D eigenvalue weighted by Gasteiger charge is -2.49. The molecule has 4 heterocycles. The normalized spacial score (nSPS) is 19.7. The molecule has 52 heavy (non-hydrogen) atoms. The molecule has 2 fully saturated rings. The number of hydrogen-bond acceptors (Lipinski definition) is 12. The average Bonchev–Trinajstić information content (AvgIpc) is 2.99. The second kappa shape index (κ2) is 18.4. The molecule has 0 atom stereocenters. The fraction of sp³-hybridized carbons (Fsp3) is 0.842. The molecule has 0 saturated carbocycles. The van der Waals surface area contributed by atoms with Gasteiger partial charge in [-0.2, -0.15) is 29.9 Å². The maximum absolute atomic E-state index is 6.47. The summed E-state index contributed by atoms with van der Waals surface area (Å²) in [5.74, 6) is 2.41. The average molecular weight is 764 g/mol. The van der Waals surface area contributed by atoms with Crippen LogP contribution in [0.4, 0.5) is 23.8 Å². The first kappa shape index (κ1) is 42.5. The Morgan fingerprint density at radius 3 is 1.21 bits per heavy atom. The van der Waals surface area contributed by atoms with Gasteiger partial charge in [0.1, 0.15) is 0 Å². The predicted octanol–water partition coefficient (Wildman–Crippen LogP) is 8.28. The van der Waals surface area contributed by atoms with Crippen LogP contribution in [0.5, 0.6) is 0 Å². The van der Waals surface area contributed by atoms with Crippen LogP contribution in [-0.4, -0.2) is 90.3 Å². The van der Waals surface area contributed by atoms with Crippen LogP contribution in [0.1, 0.15) is 146 Å². The van der Waals surface area contributed by atoms with E-state index in [4.69, 9.17) is 33.2 Å². The minimum atomic E-state index is 0.0169. The molecule has 0 amide bonds. The van der Waals surface area contributed by atoms with E-state index in [0.717, 1.165) is 103 Å². The van der Waals surface area contributed by atoms with E-state index in [9.17, 15) is 0 Å². The SMILES string of the molecule is CCCCN(c1nc(Cl)nc(NCCCCCCNc2nc(Cl)nc(N(CCCC)C3CC(C)(C)NC(C)(C)C3)n2)n1)C1CC(C)(C)NC(C)(C)C1. The van der Waals surface area contributed by atoms with Crippen LogP contribution in [0.3, 0.4) is 0 Å². The highest BCUT2D eigenvalue weighted by Crippen LogP contribution is 2.35. The molecule has 0 bridgehead atoms. The summed E-state index contributed by atoms with van der Waals surface area (Å²) in [7, 11) is 0. The number of piperidine rings is 2. The molecular weight excluding hydrogens is 695 g/mol. The van der Waals surface area contributed by atoms with Crippen molar-refractivity contribution in [3.63, 3.8) is 0 Å². The zero-order valence-corrected chi connectivity index (χ0v) is 35.3. The Bertz CT molecular complexity index is 1280. The summed E-state index contributed by atoms with van der Waals surface area (Å²) in [6, 6.07) is 0.624. The van der Waals surface area contributed by atoms with Crippen LogP contribution in [0.15, 0.2) is 0 Å². The van der Waals surface area contributed by atoms with Crippen molar-refractivity contribution in [2.24, 2.45) is 0 Å². The molecule has 0 aromatic carbocycles. The molecule has 12 nitrogen and oxygen atoms in total. The van der Waals surface area contributed by atoms with Crippen LogP contribution >= 0.6 is 23.2 Å². The van der Waals surface area contributed by atoms with Gasteiger partial charge in [0.05, 0.1) is 0 Å². The highest BCUT2D eigenvalue weighted by atomic mass is 35.5. The number of nitrogens with zero attached hydrogens (tertiary/aromatic N) is 8. The third-order valence-electron chi connectivity index (χ3n) is 10.1. The van der Waals surface area contributed by atoms with Crippen LogP contribution < -0.4 is 31.1 Å². The van der Waals surface area contributed by atoms with Gasteiger partial charge in [0.2, 0.25) is 34.4 Å². The maximum atomic E-state index is 6.47. The Labute approximate surface area is 324 Å². The molecule has 294 valence electrons. The van der Waals surface area contributed by atoms with Crippen molar-refractivity contribution in [2.45, 2.75) is 181 Å². The minimum absolute atomic E-state index is 0.0169. The second-order valence-electron chi connectivity index (χ2n) is 17.7. The summed E-state index contributed by atoms with van der Waals surface area (Å²) >= 11 is 12.9. The number of aromatic nitrogens is 6. The second-order valence-corrected chi connectivity index (χ2v) is 18.4. The third kappa shape index (κ3) is 13.2. The number of unbranched alkanes of at least 4 members (excludes halogenated alkanes) is 5. The zero-order chi connectivity index (χ0) is 38.2. The lowest BCUT2D eigenvalue weighted by molar-refractivity contribution is 0.157. The molecule has 4 N–H and O–H groups in total. The van der Waals surface area contributed by atoms with Crippen molar-refractivity contribution in [2.75, 3.05) is 46.6 Å². The Morgan fingerprint density at radius 2 is 0.885 bits per heavy atom. The van der Waals surface area contributed by atoms with Gasteiger partial charge in [0, 0.05) is 60.4 Å². The Morgan fingerprint density at radius 1 is 0.538 bits per heavy atom. The lowest BCUT2D eigenvalue weighted by atomic mass is 9.79. The smallest absolute Gasteiger partial charge is 0.231 e. The molecular formula is C38H68Cl2N12. The van der Waals surface area contributed by atoms with Crippen LogP contribution in [-0.2, 0) is 0 Å². The number of rotatable bonds is 19. The van der Waals surface area contributed by atoms with E-state index in [0.29, 0.717) is 35.9 Å². The highest BCUT2D eigenvalue weighted by Gasteiger charge is 2.42. The molecule has 2 aromatic rings. The first-order valence-electron chi connectivity index (χ1n) is 19.8. The van der Waals surface area contributed by atoms with E-state index < -0.39 is 0 Å². The molecule has 0 aliphatic carbocycles. The number of halogens is 2. The summed E-state index contributed by atoms with van der Waals surface area (Å²) in [6.07, 6.45) is 12.5. The van der Waals surface area contributed by atoms with Gasteiger partial charge in [-0.05, 0) is 130 Å². The molecule has 2 aliphatic heterocycles. The van der Waals surface area contributed by atoms with Crippen molar-refractivity contribution in [3.8, 4) is 0 Å². The summed E-state index contributed by atoms with van der Waals surface area (Å²) in [6.45, 7) is 26.0. The van der Waals surface area contributed by atoms with E-state index in [1.807, 2.05) is 0 Å². The molecule has 2 aliphatic rings. The molecule has 4 rings (SSSR count). The quantitative estimate of drug-likeness (QED) is 0.103. The molecule has 0 unspecified atom stereocenters. The van der Waals surface area contributed by atoms with Crippen molar-refractivity contribution in [3.05, 3.63) is 10.6 Å². The topological polar surface area (TPSA) is 132 Å². The predicted molar refractivity (Wildman–Crippen MR) is 218 cm³/mol. The van der Waals surface area contributed by atoms with E-state index in [1.165, 1.54) is 0 Å². The standard InChI is InChI=1S/C38H68Cl2N12/c1-11-13-21-51(27-23-35(3,4)49-36(5,6)24-27)33-45-29(39)43-31(47-33)41-19-17-15-16-18-20-42-32-44-30(40)46-34(48-32)52(22-14-12-2)28-25-37(7,8)50-38(9,10)26-28/h27-28,49-50H,11-26H2,1-10H3,(H,41,43,45,47)(H,42,44,46,48). The number of hydrogen-bond donors (Lipinski definition) is 4. The first-order valence-corrected chi connectivity index (χ1v) is 20.6. The van der Waals surface area contributed by atoms with Crippen molar-refractivity contribution in [1.29, 1.82) is 0 Å². The van der Waals surface area contributed by atoms with E-state index in [2.05, 4.69) is 120 Å². The van der Waals surface area contributed by atoms with Crippen molar-refractivity contribution >= 4 is 47.0 Å². The molecule has 0 radical (unpaired) electrons. The summed E-state index contributed by atoms with van der Waals surface area (Å²) < 4.78 is 0. The largest absolute Gasteiger partial charge is 0.354 e. The Balaban J connectivity index is 1.27. The van der Waals surface area contributed by atoms with Gasteiger partial charge in [0.25, 0.3) is 0 Å². The van der Waals surface area contributed by atoms with Crippen LogP contribution in [0.25, 0.3) is 0 Å². The van der Waals surface area contributed by atoms with Gasteiger partial charge >= 0.3 is 0 Å². The Kier molecular flexibility index (Phi) is 15.0. The van der Waals surface area contributed by atoms with Crippen LogP contribution in [0, 0.1) is 0 Å². The van der Waals surface area contributed by atoms with Crippen molar-refractivity contribution < 1.29 is 0 Å². The zero-order valence-electron chi connectivity index (χ0n) is 33.8. The summed E-state index contributed by atoms with van der Waals surface area (Å²) in [5, 5.41) is 14.9. The third-order valence-corrected chi connectivity index (χ3v) is 10.4.